The molecule has 3 unspecified atom stereocenters. The number of pyridine rings is 1. The van der Waals surface area contributed by atoms with Crippen molar-refractivity contribution in [2.24, 2.45) is 0 Å². The summed E-state index contributed by atoms with van der Waals surface area (Å²) < 4.78 is 61.3. The van der Waals surface area contributed by atoms with E-state index in [-0.39, 0.29) is 48.5 Å². The van der Waals surface area contributed by atoms with Gasteiger partial charge in [-0.25, -0.2) is 18.6 Å². The van der Waals surface area contributed by atoms with E-state index in [2.05, 4.69) is 10.3 Å². The summed E-state index contributed by atoms with van der Waals surface area (Å²) in [5.41, 5.74) is -1.60. The number of nitrogens with zero attached hydrogens (tertiary/aromatic N) is 2. The van der Waals surface area contributed by atoms with Crippen LogP contribution < -0.4 is 14.8 Å². The van der Waals surface area contributed by atoms with E-state index >= 15 is 8.78 Å². The van der Waals surface area contributed by atoms with Crippen LogP contribution in [0.25, 0.3) is 11.1 Å². The van der Waals surface area contributed by atoms with Gasteiger partial charge in [0.2, 0.25) is 0 Å². The average molecular weight is 702 g/mol. The maximum atomic E-state index is 16.7. The van der Waals surface area contributed by atoms with Crippen molar-refractivity contribution in [3.8, 4) is 22.8 Å². The lowest BCUT2D eigenvalue weighted by Crippen LogP contribution is -2.54. The second kappa shape index (κ2) is 14.9. The van der Waals surface area contributed by atoms with Crippen LogP contribution in [0.1, 0.15) is 74.4 Å². The van der Waals surface area contributed by atoms with E-state index in [4.69, 9.17) is 35.3 Å². The van der Waals surface area contributed by atoms with Crippen LogP contribution in [0.4, 0.5) is 13.6 Å². The van der Waals surface area contributed by atoms with Crippen LogP contribution in [0.5, 0.6) is 11.6 Å². The zero-order valence-electron chi connectivity index (χ0n) is 28.5. The van der Waals surface area contributed by atoms with Gasteiger partial charge in [0.1, 0.15) is 18.2 Å². The van der Waals surface area contributed by atoms with Crippen LogP contribution >= 0.6 is 11.6 Å². The Balaban J connectivity index is 1.64. The maximum Gasteiger partial charge on any atom is 0.410 e. The first-order valence-corrected chi connectivity index (χ1v) is 16.6. The third kappa shape index (κ3) is 7.18. The van der Waals surface area contributed by atoms with Crippen molar-refractivity contribution >= 4 is 23.6 Å². The molecule has 49 heavy (non-hydrogen) atoms. The second-order valence-corrected chi connectivity index (χ2v) is 13.4. The number of carbonyl (C=O) groups excluding carboxylic acids is 2. The lowest BCUT2D eigenvalue weighted by Gasteiger charge is -2.43. The number of ether oxygens (including phenoxy) is 5. The minimum atomic E-state index is -1.31. The number of hydrogen-bond acceptors (Lipinski definition) is 8. The summed E-state index contributed by atoms with van der Waals surface area (Å²) in [6, 6.07) is 10.3. The highest BCUT2D eigenvalue weighted by Gasteiger charge is 2.53. The van der Waals surface area contributed by atoms with E-state index in [1.807, 2.05) is 58.0 Å². The minimum absolute atomic E-state index is 0.0259. The molecule has 3 aromatic rings. The van der Waals surface area contributed by atoms with Gasteiger partial charge in [-0.05, 0) is 45.6 Å². The predicted octanol–water partition coefficient (Wildman–Crippen LogP) is 7.22. The summed E-state index contributed by atoms with van der Waals surface area (Å²) in [5.74, 6) is -3.60. The van der Waals surface area contributed by atoms with Gasteiger partial charge >= 0.3 is 6.09 Å². The molecule has 3 atom stereocenters. The van der Waals surface area contributed by atoms with Crippen molar-refractivity contribution < 1.29 is 42.1 Å². The molecule has 1 N–H and O–H groups in total. The Kier molecular flexibility index (Phi) is 11.0. The van der Waals surface area contributed by atoms with Gasteiger partial charge in [0.15, 0.2) is 17.7 Å². The zero-order valence-corrected chi connectivity index (χ0v) is 29.3. The molecular formula is C36H42ClF2N3O7. The Bertz CT molecular complexity index is 1680. The fraction of sp³-hybridized carbons (Fsp3) is 0.472. The smallest absolute Gasteiger partial charge is 0.410 e. The van der Waals surface area contributed by atoms with Crippen molar-refractivity contribution in [3.05, 3.63) is 75.9 Å². The first kappa shape index (κ1) is 36.3. The first-order chi connectivity index (χ1) is 23.3. The molecule has 1 fully saturated rings. The maximum absolute atomic E-state index is 16.7. The number of amides is 2. The third-order valence-corrected chi connectivity index (χ3v) is 9.35. The van der Waals surface area contributed by atoms with Gasteiger partial charge in [-0.15, -0.1) is 0 Å². The Labute approximate surface area is 290 Å². The van der Waals surface area contributed by atoms with Gasteiger partial charge in [-0.1, -0.05) is 48.9 Å². The molecule has 13 heteroatoms. The van der Waals surface area contributed by atoms with Gasteiger partial charge in [0.25, 0.3) is 11.8 Å². The first-order valence-electron chi connectivity index (χ1n) is 16.2. The van der Waals surface area contributed by atoms with Gasteiger partial charge in [0.05, 0.1) is 30.8 Å². The third-order valence-electron chi connectivity index (χ3n) is 8.98. The summed E-state index contributed by atoms with van der Waals surface area (Å²) in [6.45, 7) is 8.01. The van der Waals surface area contributed by atoms with E-state index in [1.54, 1.807) is 0 Å². The lowest BCUT2D eigenvalue weighted by atomic mass is 9.77. The summed E-state index contributed by atoms with van der Waals surface area (Å²) in [5, 5.41) is 2.08. The van der Waals surface area contributed by atoms with Gasteiger partial charge in [-0.2, -0.15) is 0 Å². The van der Waals surface area contributed by atoms with Gasteiger partial charge in [0, 0.05) is 54.1 Å². The molecule has 0 radical (unpaired) electrons. The molecule has 1 aromatic heterocycles. The van der Waals surface area contributed by atoms with Crippen molar-refractivity contribution in [1.29, 1.82) is 0 Å². The van der Waals surface area contributed by atoms with Crippen LogP contribution in [0.15, 0.2) is 42.6 Å². The number of hydrogen-bond donors (Lipinski definition) is 1. The molecule has 0 aliphatic carbocycles. The Morgan fingerprint density at radius 2 is 1.88 bits per heavy atom. The number of methoxy groups -OCH3 is 1. The Morgan fingerprint density at radius 1 is 1.14 bits per heavy atom. The molecule has 1 saturated heterocycles. The molecule has 0 spiro atoms. The molecule has 3 heterocycles. The number of carbonyl (C=O) groups is 2. The molecule has 264 valence electrons. The number of fused-ring (bicyclic) bond motifs is 1. The molecule has 0 bridgehead atoms. The number of halogens is 3. The molecule has 10 nitrogen and oxygen atoms in total. The van der Waals surface area contributed by atoms with E-state index in [9.17, 15) is 9.59 Å². The van der Waals surface area contributed by atoms with Crippen LogP contribution in [0, 0.1) is 11.6 Å². The highest BCUT2D eigenvalue weighted by Crippen LogP contribution is 2.57. The number of benzene rings is 2. The van der Waals surface area contributed by atoms with E-state index in [0.29, 0.717) is 17.7 Å². The van der Waals surface area contributed by atoms with Gasteiger partial charge in [-0.3, -0.25) is 9.69 Å². The van der Waals surface area contributed by atoms with Crippen LogP contribution in [-0.4, -0.2) is 74.2 Å². The number of aromatic nitrogens is 1. The summed E-state index contributed by atoms with van der Waals surface area (Å²) >= 11 is 6.72. The summed E-state index contributed by atoms with van der Waals surface area (Å²) in [7, 11) is 2.68. The minimum Gasteiger partial charge on any atom is -0.480 e. The van der Waals surface area contributed by atoms with E-state index in [1.165, 1.54) is 19.1 Å². The van der Waals surface area contributed by atoms with Crippen molar-refractivity contribution in [3.63, 3.8) is 0 Å². The van der Waals surface area contributed by atoms with Crippen LogP contribution in [-0.2, 0) is 19.8 Å². The molecule has 5 rings (SSSR count). The number of nitrogens with one attached hydrogen (secondary N) is 1. The van der Waals surface area contributed by atoms with Crippen molar-refractivity contribution in [2.75, 3.05) is 40.5 Å². The van der Waals surface area contributed by atoms with E-state index in [0.717, 1.165) is 31.5 Å². The normalized spacial score (nSPS) is 20.3. The summed E-state index contributed by atoms with van der Waals surface area (Å²) in [6.07, 6.45) is 2.90. The largest absolute Gasteiger partial charge is 0.480 e. The van der Waals surface area contributed by atoms with Crippen molar-refractivity contribution in [2.45, 2.75) is 70.3 Å². The topological polar surface area (TPSA) is 108 Å². The average Bonchev–Trinajstić information content (AvgIpc) is 3.37. The lowest BCUT2D eigenvalue weighted by molar-refractivity contribution is -0.165. The summed E-state index contributed by atoms with van der Waals surface area (Å²) in [4.78, 5) is 31.9. The molecule has 2 aromatic carbocycles. The monoisotopic (exact) mass is 701 g/mol. The second-order valence-electron chi connectivity index (χ2n) is 13.0. The predicted molar refractivity (Wildman–Crippen MR) is 179 cm³/mol. The Hall–Kier alpha value is -4.00. The molecule has 2 aliphatic rings. The Morgan fingerprint density at radius 3 is 2.51 bits per heavy atom. The van der Waals surface area contributed by atoms with Crippen molar-refractivity contribution in [1.82, 2.24) is 15.2 Å². The van der Waals surface area contributed by atoms with E-state index < -0.39 is 51.6 Å². The van der Waals surface area contributed by atoms with Crippen LogP contribution in [0.3, 0.4) is 0 Å². The fourth-order valence-electron chi connectivity index (χ4n) is 6.39. The standard InChI is InChI=1S/C36H42ClF2N3O7/c1-21-27-25(49-36(21,22-12-8-7-9-13-22)20-42(34(44)45-6)35(2,3)4)18-24(38)30(37)29(27)28-23(32(43)40-5)19-41-33(31(28)39)48-17-16-47-26-14-10-11-15-46-26/h7-9,12-13,18-19,21,26H,10-11,14-17,20H2,1-6H3,(H,40,43). The number of rotatable bonds is 10. The molecule has 2 amide bonds. The molecule has 0 saturated carbocycles. The fourth-order valence-corrected chi connectivity index (χ4v) is 6.64. The highest BCUT2D eigenvalue weighted by atomic mass is 35.5. The molecule has 2 aliphatic heterocycles. The van der Waals surface area contributed by atoms with Crippen LogP contribution in [0.2, 0.25) is 5.02 Å². The quantitative estimate of drug-likeness (QED) is 0.221. The SMILES string of the molecule is CNC(=O)c1cnc(OCCOC2CCCCO2)c(F)c1-c1c(Cl)c(F)cc2c1C(C)C(CN(C(=O)OC)C(C)(C)C)(c1ccccc1)O2. The molecular weight excluding hydrogens is 660 g/mol. The zero-order chi connectivity index (χ0) is 35.5. The van der Waals surface area contributed by atoms with Gasteiger partial charge < -0.3 is 29.0 Å². The highest BCUT2D eigenvalue weighted by molar-refractivity contribution is 6.34.